The number of aryl methyl sites for hydroxylation is 3. The van der Waals surface area contributed by atoms with E-state index in [1.165, 1.54) is 37.0 Å². The highest BCUT2D eigenvalue weighted by Crippen LogP contribution is 2.43. The van der Waals surface area contributed by atoms with Gasteiger partial charge in [0.1, 0.15) is 86.6 Å². The number of aromatic nitrogens is 6. The van der Waals surface area contributed by atoms with Gasteiger partial charge in [0, 0.05) is 63.7 Å². The fourth-order valence-corrected chi connectivity index (χ4v) is 8.82. The van der Waals surface area contributed by atoms with Crippen LogP contribution < -0.4 is 33.9 Å². The molecule has 0 bridgehead atoms. The Hall–Kier alpha value is -3.67. The first-order valence-electron chi connectivity index (χ1n) is 17.4. The van der Waals surface area contributed by atoms with Crippen LogP contribution in [0.2, 0.25) is 0 Å². The van der Waals surface area contributed by atoms with E-state index >= 15 is 0 Å². The van der Waals surface area contributed by atoms with Crippen molar-refractivity contribution in [2.24, 2.45) is 0 Å². The van der Waals surface area contributed by atoms with Gasteiger partial charge in [0.05, 0.1) is 6.61 Å². The molecule has 3 saturated heterocycles. The number of hydrogen-bond acceptors (Lipinski definition) is 19. The van der Waals surface area contributed by atoms with Gasteiger partial charge in [-0.25, -0.2) is 14.4 Å². The van der Waals surface area contributed by atoms with Gasteiger partial charge in [0.25, 0.3) is 11.1 Å². The van der Waals surface area contributed by atoms with Crippen molar-refractivity contribution in [2.45, 2.75) is 95.3 Å². The quantitative estimate of drug-likeness (QED) is 0.0981. The molecule has 0 amide bonds. The molecular formula is C30H39N7O17P3S+3. The fraction of sp³-hybridized carbons (Fsp3) is 0.600. The Bertz CT molecular complexity index is 2370. The van der Waals surface area contributed by atoms with Crippen molar-refractivity contribution >= 4 is 41.8 Å². The van der Waals surface area contributed by atoms with Gasteiger partial charge in [-0.1, -0.05) is 0 Å². The number of nitrogens with zero attached hydrogens (tertiary/aromatic N) is 4. The molecular weight excluding hydrogens is 855 g/mol. The number of aliphatic hydroxyl groups is 1. The van der Waals surface area contributed by atoms with E-state index in [1.54, 1.807) is 6.92 Å². The average molecular weight is 895 g/mol. The van der Waals surface area contributed by atoms with Crippen LogP contribution in [0.1, 0.15) is 54.6 Å². The molecule has 58 heavy (non-hydrogen) atoms. The second-order valence-corrected chi connectivity index (χ2v) is 16.9. The molecule has 3 fully saturated rings. The van der Waals surface area contributed by atoms with E-state index in [1.807, 2.05) is 0 Å². The Morgan fingerprint density at radius 1 is 0.724 bits per heavy atom. The molecule has 0 aliphatic carbocycles. The van der Waals surface area contributed by atoms with Gasteiger partial charge in [-0.15, -0.1) is 22.6 Å². The first kappa shape index (κ1) is 43.9. The lowest BCUT2D eigenvalue weighted by Gasteiger charge is -2.15. The first-order chi connectivity index (χ1) is 27.5. The van der Waals surface area contributed by atoms with Crippen molar-refractivity contribution in [1.29, 1.82) is 0 Å². The summed E-state index contributed by atoms with van der Waals surface area (Å²) in [6.45, 7) is 3.07. The number of aliphatic hydroxyl groups excluding tert-OH is 1. The second-order valence-electron chi connectivity index (χ2n) is 13.4. The van der Waals surface area contributed by atoms with Gasteiger partial charge in [0.2, 0.25) is 0 Å². The zero-order valence-electron chi connectivity index (χ0n) is 30.8. The zero-order valence-corrected chi connectivity index (χ0v) is 34.4. The Morgan fingerprint density at radius 2 is 1.14 bits per heavy atom. The maximum absolute atomic E-state index is 13.2. The molecule has 5 N–H and O–H groups in total. The Labute approximate surface area is 333 Å². The van der Waals surface area contributed by atoms with E-state index in [-0.39, 0.29) is 36.2 Å². The number of nitrogens with two attached hydrogens (primary N) is 1. The van der Waals surface area contributed by atoms with Crippen LogP contribution in [0.25, 0.3) is 0 Å². The molecule has 314 valence electrons. The lowest BCUT2D eigenvalue weighted by molar-refractivity contribution is -0.0510. The zero-order chi connectivity index (χ0) is 42.0. The Kier molecular flexibility index (Phi) is 14.2. The SMILES string of the molecule is Cc1cn(C2CC(O[P+](=O)OCC3OC(n4cc(C)c(=O)[nH]c4=O)C[C@@H]3O[P+](=O)OCC3OC(n4cc(C)c(=O)[nH]c4=O)C[C@@H]3O[P+](=O)S)C(CO)O2)c(=O)nc1N. The number of nitrogens with one attached hydrogen (secondary N) is 2. The number of thiol groups is 1. The number of aromatic amines is 2. The normalized spacial score (nSPS) is 27.9. The molecule has 12 atom stereocenters. The summed E-state index contributed by atoms with van der Waals surface area (Å²) in [5, 5.41) is 9.91. The number of H-pyrrole nitrogens is 2. The van der Waals surface area contributed by atoms with E-state index in [0.717, 1.165) is 9.13 Å². The smallest absolute Gasteiger partial charge is 0.394 e. The highest BCUT2D eigenvalue weighted by molar-refractivity contribution is 8.39. The van der Waals surface area contributed by atoms with Crippen molar-refractivity contribution in [3.05, 3.63) is 87.4 Å². The third-order valence-electron chi connectivity index (χ3n) is 9.47. The van der Waals surface area contributed by atoms with Crippen molar-refractivity contribution in [3.8, 4) is 0 Å². The summed E-state index contributed by atoms with van der Waals surface area (Å²) in [6.07, 6.45) is -5.54. The molecule has 0 radical (unpaired) electrons. The summed E-state index contributed by atoms with van der Waals surface area (Å²) in [4.78, 5) is 69.7. The van der Waals surface area contributed by atoms with Crippen LogP contribution in [0.5, 0.6) is 0 Å². The van der Waals surface area contributed by atoms with Crippen LogP contribution in [0.3, 0.4) is 0 Å². The van der Waals surface area contributed by atoms with Crippen LogP contribution in [-0.4, -0.2) is 90.2 Å². The summed E-state index contributed by atoms with van der Waals surface area (Å²) in [5.41, 5.74) is 3.13. The molecule has 3 aliphatic heterocycles. The molecule has 6 heterocycles. The summed E-state index contributed by atoms with van der Waals surface area (Å²) < 4.78 is 86.8. The minimum absolute atomic E-state index is 0.0205. The highest BCUT2D eigenvalue weighted by atomic mass is 32.7. The minimum atomic E-state index is -3.01. The lowest BCUT2D eigenvalue weighted by Crippen LogP contribution is -2.33. The molecule has 0 saturated carbocycles. The monoisotopic (exact) mass is 894 g/mol. The van der Waals surface area contributed by atoms with Gasteiger partial charge in [-0.3, -0.25) is 33.3 Å². The van der Waals surface area contributed by atoms with Gasteiger partial charge in [-0.05, 0) is 25.3 Å². The van der Waals surface area contributed by atoms with Crippen LogP contribution in [0, 0.1) is 20.8 Å². The van der Waals surface area contributed by atoms with E-state index in [4.69, 9.17) is 42.6 Å². The van der Waals surface area contributed by atoms with Crippen molar-refractivity contribution in [2.75, 3.05) is 25.6 Å². The maximum atomic E-state index is 13.2. The fourth-order valence-electron chi connectivity index (χ4n) is 6.46. The topological polar surface area (TPSA) is 316 Å². The predicted octanol–water partition coefficient (Wildman–Crippen LogP) is 0.797. The van der Waals surface area contributed by atoms with Gasteiger partial charge < -0.3 is 25.1 Å². The molecule has 3 aliphatic rings. The second kappa shape index (κ2) is 18.7. The maximum Gasteiger partial charge on any atom is 0.697 e. The largest absolute Gasteiger partial charge is 0.697 e. The summed E-state index contributed by atoms with van der Waals surface area (Å²) in [7, 11) is -8.41. The van der Waals surface area contributed by atoms with Crippen molar-refractivity contribution in [3.63, 3.8) is 0 Å². The Morgan fingerprint density at radius 3 is 1.60 bits per heavy atom. The summed E-state index contributed by atoms with van der Waals surface area (Å²) in [5.74, 6) is 0.0403. The molecule has 24 nitrogen and oxygen atoms in total. The molecule has 28 heteroatoms. The van der Waals surface area contributed by atoms with Crippen molar-refractivity contribution in [1.82, 2.24) is 28.7 Å². The van der Waals surface area contributed by atoms with E-state index in [0.29, 0.717) is 5.56 Å². The predicted molar refractivity (Wildman–Crippen MR) is 201 cm³/mol. The lowest BCUT2D eigenvalue weighted by atomic mass is 10.2. The van der Waals surface area contributed by atoms with Crippen LogP contribution in [0.15, 0.2) is 42.6 Å². The highest BCUT2D eigenvalue weighted by Gasteiger charge is 2.49. The summed E-state index contributed by atoms with van der Waals surface area (Å²) >= 11 is 3.80. The van der Waals surface area contributed by atoms with Crippen LogP contribution in [0.4, 0.5) is 5.82 Å². The Balaban J connectivity index is 1.11. The van der Waals surface area contributed by atoms with E-state index in [2.05, 4.69) is 27.2 Å². The van der Waals surface area contributed by atoms with Crippen molar-refractivity contribution < 1.29 is 55.6 Å². The number of rotatable bonds is 16. The molecule has 6 rings (SSSR count). The molecule has 3 aromatic rings. The number of hydrogen-bond donors (Lipinski definition) is 5. The summed E-state index contributed by atoms with van der Waals surface area (Å²) in [6, 6.07) is 0. The number of ether oxygens (including phenoxy) is 3. The number of nitrogen functional groups attached to an aromatic ring is 1. The molecule has 0 spiro atoms. The third-order valence-corrected chi connectivity index (χ3v) is 11.8. The van der Waals surface area contributed by atoms with Crippen LogP contribution >= 0.6 is 36.0 Å². The third kappa shape index (κ3) is 10.2. The molecule has 10 unspecified atom stereocenters. The van der Waals surface area contributed by atoms with E-state index in [9.17, 15) is 42.8 Å². The van der Waals surface area contributed by atoms with Gasteiger partial charge in [0.15, 0.2) is 0 Å². The molecule has 0 aromatic carbocycles. The van der Waals surface area contributed by atoms with Gasteiger partial charge in [-0.2, -0.15) is 4.98 Å². The minimum Gasteiger partial charge on any atom is -0.394 e. The number of anilines is 1. The van der Waals surface area contributed by atoms with Crippen LogP contribution in [-0.2, 0) is 50.5 Å². The van der Waals surface area contributed by atoms with E-state index < -0.39 is 127 Å². The standard InChI is InChI=1S/C30H36N7O17P3S/c1-13-7-35(28(41)32-25(13)31)22-4-16(19(10-38)49-22)52-55(44)47-11-20-17(5-23(50-20)36-8-14(2)26(39)33-29(36)42)53-56(45)48-12-21-18(54-57(46)58)6-24(51-21)37-9-15(3)27(40)34-30(37)43/h7-9,16-24,38H,4-6,10-12H2,1-3H3,(H2-3,31,32,33,34,39,40,41,42,43,46,58)/p+3/t16?,17-,18-,19?,20?,21?,22?,23?,24?/m0/s1. The van der Waals surface area contributed by atoms with Gasteiger partial charge >= 0.3 is 40.8 Å². The average Bonchev–Trinajstić information content (AvgIpc) is 3.87. The molecule has 3 aromatic heterocycles. The first-order valence-corrected chi connectivity index (χ1v) is 22.0.